The van der Waals surface area contributed by atoms with Gasteiger partial charge < -0.3 is 0 Å². The molecule has 0 N–H and O–H groups in total. The smallest absolute Gasteiger partial charge is 0.0656 e. The molecule has 0 fully saturated rings. The van der Waals surface area contributed by atoms with Crippen LogP contribution in [0.1, 0.15) is 51.3 Å². The maximum absolute atomic E-state index is 2.41. The largest absolute Gasteiger partial charge is 0.134 e. The van der Waals surface area contributed by atoms with Crippen LogP contribution in [0, 0.1) is 14.7 Å². The first-order chi connectivity index (χ1) is 7.58. The quantitative estimate of drug-likeness (QED) is 0.550. The summed E-state index contributed by atoms with van der Waals surface area (Å²) in [5.74, 6) is 1.75. The highest BCUT2D eigenvalue weighted by Crippen LogP contribution is 2.22. The fourth-order valence-corrected chi connectivity index (χ4v) is 3.66. The van der Waals surface area contributed by atoms with Crippen LogP contribution in [-0.2, 0) is 6.42 Å². The molecule has 0 amide bonds. The Morgan fingerprint density at radius 1 is 1.12 bits per heavy atom. The molecule has 92 valence electrons. The van der Waals surface area contributed by atoms with Gasteiger partial charge in [0.2, 0.25) is 0 Å². The number of halogens is 1. The van der Waals surface area contributed by atoms with Crippen molar-refractivity contribution >= 4 is 33.9 Å². The molecule has 0 saturated carbocycles. The van der Waals surface area contributed by atoms with Crippen LogP contribution >= 0.6 is 33.9 Å². The van der Waals surface area contributed by atoms with Crippen molar-refractivity contribution in [2.45, 2.75) is 52.9 Å². The van der Waals surface area contributed by atoms with Crippen molar-refractivity contribution in [2.24, 2.45) is 11.8 Å². The van der Waals surface area contributed by atoms with Gasteiger partial charge in [-0.3, -0.25) is 0 Å². The first-order valence-corrected chi connectivity index (χ1v) is 8.21. The monoisotopic (exact) mass is 350 g/mol. The van der Waals surface area contributed by atoms with E-state index in [9.17, 15) is 0 Å². The topological polar surface area (TPSA) is 0 Å². The number of thiophene rings is 1. The van der Waals surface area contributed by atoms with E-state index in [4.69, 9.17) is 0 Å². The molecule has 1 heterocycles. The summed E-state index contributed by atoms with van der Waals surface area (Å²) in [5.41, 5.74) is 0. The SMILES string of the molecule is CC(C)CCCC(C)CCc1ccc(I)s1. The zero-order valence-corrected chi connectivity index (χ0v) is 13.6. The Hall–Kier alpha value is 0.430. The van der Waals surface area contributed by atoms with E-state index in [1.165, 1.54) is 35.0 Å². The zero-order chi connectivity index (χ0) is 12.0. The highest BCUT2D eigenvalue weighted by atomic mass is 127. The molecule has 1 aromatic rings. The van der Waals surface area contributed by atoms with Crippen LogP contribution in [0.3, 0.4) is 0 Å². The lowest BCUT2D eigenvalue weighted by atomic mass is 9.96. The first-order valence-electron chi connectivity index (χ1n) is 6.32. The molecule has 16 heavy (non-hydrogen) atoms. The van der Waals surface area contributed by atoms with Crippen molar-refractivity contribution in [3.63, 3.8) is 0 Å². The van der Waals surface area contributed by atoms with Gasteiger partial charge in [0.25, 0.3) is 0 Å². The van der Waals surface area contributed by atoms with Crippen molar-refractivity contribution in [3.8, 4) is 0 Å². The Morgan fingerprint density at radius 2 is 1.88 bits per heavy atom. The van der Waals surface area contributed by atoms with E-state index in [2.05, 4.69) is 55.5 Å². The second-order valence-corrected chi connectivity index (χ2v) is 8.24. The molecule has 1 rings (SSSR count). The van der Waals surface area contributed by atoms with E-state index >= 15 is 0 Å². The van der Waals surface area contributed by atoms with Crippen molar-refractivity contribution < 1.29 is 0 Å². The van der Waals surface area contributed by atoms with Crippen LogP contribution in [0.25, 0.3) is 0 Å². The minimum atomic E-state index is 0.867. The van der Waals surface area contributed by atoms with Gasteiger partial charge >= 0.3 is 0 Å². The van der Waals surface area contributed by atoms with Crippen molar-refractivity contribution in [1.82, 2.24) is 0 Å². The third-order valence-corrected chi connectivity index (χ3v) is 4.94. The molecule has 1 atom stereocenters. The van der Waals surface area contributed by atoms with E-state index in [1.807, 2.05) is 11.3 Å². The molecule has 0 aliphatic rings. The summed E-state index contributed by atoms with van der Waals surface area (Å²) in [4.78, 5) is 1.56. The minimum Gasteiger partial charge on any atom is -0.134 e. The van der Waals surface area contributed by atoms with E-state index in [0.717, 1.165) is 11.8 Å². The van der Waals surface area contributed by atoms with Crippen LogP contribution in [0.5, 0.6) is 0 Å². The third-order valence-electron chi connectivity index (χ3n) is 2.99. The molecule has 0 radical (unpaired) electrons. The lowest BCUT2D eigenvalue weighted by Crippen LogP contribution is -1.98. The summed E-state index contributed by atoms with van der Waals surface area (Å²) in [6.07, 6.45) is 6.83. The molecule has 1 aromatic heterocycles. The van der Waals surface area contributed by atoms with Gasteiger partial charge in [0.15, 0.2) is 0 Å². The van der Waals surface area contributed by atoms with Crippen LogP contribution in [0.2, 0.25) is 0 Å². The highest BCUT2D eigenvalue weighted by molar-refractivity contribution is 14.1. The fraction of sp³-hybridized carbons (Fsp3) is 0.714. The second-order valence-electron chi connectivity index (χ2n) is 5.17. The molecular weight excluding hydrogens is 327 g/mol. The summed E-state index contributed by atoms with van der Waals surface area (Å²) < 4.78 is 1.42. The van der Waals surface area contributed by atoms with Gasteiger partial charge in [0.1, 0.15) is 0 Å². The zero-order valence-electron chi connectivity index (χ0n) is 10.6. The lowest BCUT2D eigenvalue weighted by molar-refractivity contribution is 0.438. The number of aryl methyl sites for hydroxylation is 1. The van der Waals surface area contributed by atoms with Crippen LogP contribution in [0.15, 0.2) is 12.1 Å². The van der Waals surface area contributed by atoms with E-state index < -0.39 is 0 Å². The summed E-state index contributed by atoms with van der Waals surface area (Å²) in [6, 6.07) is 4.51. The number of hydrogen-bond donors (Lipinski definition) is 0. The van der Waals surface area contributed by atoms with E-state index in [1.54, 1.807) is 4.88 Å². The molecular formula is C14H23IS. The molecule has 0 bridgehead atoms. The average Bonchev–Trinajstić information content (AvgIpc) is 2.61. The molecule has 2 heteroatoms. The van der Waals surface area contributed by atoms with Gasteiger partial charge in [0, 0.05) is 4.88 Å². The van der Waals surface area contributed by atoms with E-state index in [-0.39, 0.29) is 0 Å². The molecule has 0 nitrogen and oxygen atoms in total. The first kappa shape index (κ1) is 14.5. The van der Waals surface area contributed by atoms with Crippen LogP contribution < -0.4 is 0 Å². The second kappa shape index (κ2) is 7.70. The normalized spacial score (nSPS) is 13.3. The fourth-order valence-electron chi connectivity index (χ4n) is 1.89. The molecule has 0 aliphatic heterocycles. The van der Waals surface area contributed by atoms with Gasteiger partial charge in [0.05, 0.1) is 2.88 Å². The Bertz CT molecular complexity index is 291. The highest BCUT2D eigenvalue weighted by Gasteiger charge is 2.05. The Kier molecular flexibility index (Phi) is 6.97. The summed E-state index contributed by atoms with van der Waals surface area (Å²) in [7, 11) is 0. The summed E-state index contributed by atoms with van der Waals surface area (Å²) in [6.45, 7) is 7.04. The number of hydrogen-bond acceptors (Lipinski definition) is 1. The van der Waals surface area contributed by atoms with Gasteiger partial charge in [-0.1, -0.05) is 40.0 Å². The van der Waals surface area contributed by atoms with Crippen LogP contribution in [0.4, 0.5) is 0 Å². The van der Waals surface area contributed by atoms with Crippen molar-refractivity contribution in [3.05, 3.63) is 19.9 Å². The van der Waals surface area contributed by atoms with E-state index in [0.29, 0.717) is 0 Å². The van der Waals surface area contributed by atoms with Gasteiger partial charge in [-0.2, -0.15) is 0 Å². The predicted octanol–water partition coefficient (Wildman–Crippen LogP) is 5.75. The Balaban J connectivity index is 2.12. The van der Waals surface area contributed by atoms with Crippen molar-refractivity contribution in [2.75, 3.05) is 0 Å². The van der Waals surface area contributed by atoms with Crippen LogP contribution in [-0.4, -0.2) is 0 Å². The maximum atomic E-state index is 2.41. The summed E-state index contributed by atoms with van der Waals surface area (Å²) in [5, 5.41) is 0. The molecule has 0 aromatic carbocycles. The minimum absolute atomic E-state index is 0.867. The molecule has 0 saturated heterocycles. The average molecular weight is 350 g/mol. The van der Waals surface area contributed by atoms with Crippen molar-refractivity contribution in [1.29, 1.82) is 0 Å². The number of rotatable bonds is 7. The molecule has 1 unspecified atom stereocenters. The standard InChI is InChI=1S/C14H23IS/c1-11(2)5-4-6-12(3)7-8-13-9-10-14(15)16-13/h9-12H,4-8H2,1-3H3. The molecule has 0 spiro atoms. The molecule has 0 aliphatic carbocycles. The van der Waals surface area contributed by atoms with Gasteiger partial charge in [-0.05, 0) is 59.4 Å². The Morgan fingerprint density at radius 3 is 2.44 bits per heavy atom. The Labute approximate surface area is 118 Å². The van der Waals surface area contributed by atoms with Gasteiger partial charge in [-0.15, -0.1) is 11.3 Å². The maximum Gasteiger partial charge on any atom is 0.0656 e. The van der Waals surface area contributed by atoms with Gasteiger partial charge in [-0.25, -0.2) is 0 Å². The summed E-state index contributed by atoms with van der Waals surface area (Å²) >= 11 is 4.35. The third kappa shape index (κ3) is 6.24. The predicted molar refractivity (Wildman–Crippen MR) is 83.2 cm³/mol. The lowest BCUT2D eigenvalue weighted by Gasteiger charge is -2.11.